The maximum absolute atomic E-state index is 3.11. The molecule has 0 saturated carbocycles. The van der Waals surface area contributed by atoms with Gasteiger partial charge in [0.05, 0.1) is 0 Å². The van der Waals surface area contributed by atoms with Gasteiger partial charge in [0.1, 0.15) is 0 Å². The highest BCUT2D eigenvalue weighted by molar-refractivity contribution is 5.19. The Morgan fingerprint density at radius 2 is 1.65 bits per heavy atom. The molecular weight excluding hydrogens is 242 g/mol. The molecule has 0 N–H and O–H groups in total. The van der Waals surface area contributed by atoms with Crippen LogP contribution in [0.1, 0.15) is 29.9 Å². The minimum Gasteiger partial charge on any atom is -0.303 e. The molecule has 0 bridgehead atoms. The highest BCUT2D eigenvalue weighted by Gasteiger charge is 2.19. The molecule has 1 aliphatic rings. The normalized spacial score (nSPS) is 17.2. The summed E-state index contributed by atoms with van der Waals surface area (Å²) in [6, 6.07) is 22.5. The SMILES string of the molecule is [c]1ccc(C2CCN(CCc3ccccc3)CC2)cc1. The summed E-state index contributed by atoms with van der Waals surface area (Å²) < 4.78 is 0. The molecule has 1 saturated heterocycles. The van der Waals surface area contributed by atoms with Crippen LogP contribution in [0.3, 0.4) is 0 Å². The number of hydrogen-bond acceptors (Lipinski definition) is 1. The number of piperidine rings is 1. The fraction of sp³-hybridized carbons (Fsp3) is 0.368. The lowest BCUT2D eigenvalue weighted by molar-refractivity contribution is 0.214. The highest BCUT2D eigenvalue weighted by atomic mass is 15.1. The van der Waals surface area contributed by atoms with E-state index in [2.05, 4.69) is 53.4 Å². The molecule has 3 rings (SSSR count). The van der Waals surface area contributed by atoms with Crippen molar-refractivity contribution in [2.45, 2.75) is 25.2 Å². The molecule has 1 fully saturated rings. The third kappa shape index (κ3) is 3.49. The average Bonchev–Trinajstić information content (AvgIpc) is 2.55. The molecule has 0 unspecified atom stereocenters. The molecule has 0 spiro atoms. The van der Waals surface area contributed by atoms with Crippen LogP contribution in [0.25, 0.3) is 0 Å². The molecule has 1 aliphatic heterocycles. The second-order valence-electron chi connectivity index (χ2n) is 5.68. The van der Waals surface area contributed by atoms with Gasteiger partial charge in [-0.25, -0.2) is 0 Å². The summed E-state index contributed by atoms with van der Waals surface area (Å²) >= 11 is 0. The third-order valence-electron chi connectivity index (χ3n) is 4.36. The van der Waals surface area contributed by atoms with Crippen LogP contribution in [0.5, 0.6) is 0 Å². The fourth-order valence-corrected chi connectivity index (χ4v) is 3.09. The summed E-state index contributed by atoms with van der Waals surface area (Å²) in [6.07, 6.45) is 3.75. The van der Waals surface area contributed by atoms with Gasteiger partial charge in [-0.15, -0.1) is 0 Å². The van der Waals surface area contributed by atoms with Gasteiger partial charge in [-0.2, -0.15) is 0 Å². The Kier molecular flexibility index (Phi) is 4.49. The van der Waals surface area contributed by atoms with Crippen molar-refractivity contribution >= 4 is 0 Å². The van der Waals surface area contributed by atoms with Gasteiger partial charge >= 0.3 is 0 Å². The van der Waals surface area contributed by atoms with E-state index in [9.17, 15) is 0 Å². The zero-order chi connectivity index (χ0) is 13.6. The Morgan fingerprint density at radius 3 is 2.35 bits per heavy atom. The Hall–Kier alpha value is -1.60. The number of nitrogens with zero attached hydrogens (tertiary/aromatic N) is 1. The summed E-state index contributed by atoms with van der Waals surface area (Å²) in [4.78, 5) is 2.61. The van der Waals surface area contributed by atoms with Gasteiger partial charge in [0.2, 0.25) is 0 Å². The summed E-state index contributed by atoms with van der Waals surface area (Å²) in [7, 11) is 0. The largest absolute Gasteiger partial charge is 0.303 e. The molecule has 1 heteroatoms. The van der Waals surface area contributed by atoms with E-state index in [4.69, 9.17) is 0 Å². The molecule has 20 heavy (non-hydrogen) atoms. The van der Waals surface area contributed by atoms with Crippen LogP contribution < -0.4 is 0 Å². The fourth-order valence-electron chi connectivity index (χ4n) is 3.09. The molecular formula is C19H22N. The van der Waals surface area contributed by atoms with E-state index in [1.807, 2.05) is 12.1 Å². The number of benzene rings is 2. The van der Waals surface area contributed by atoms with Gasteiger partial charge in [0.15, 0.2) is 0 Å². The van der Waals surface area contributed by atoms with Crippen LogP contribution in [-0.4, -0.2) is 24.5 Å². The van der Waals surface area contributed by atoms with Crippen molar-refractivity contribution < 1.29 is 0 Å². The van der Waals surface area contributed by atoms with E-state index in [1.54, 1.807) is 0 Å². The molecule has 0 amide bonds. The molecule has 0 aromatic heterocycles. The molecule has 1 nitrogen and oxygen atoms in total. The van der Waals surface area contributed by atoms with Gasteiger partial charge in [-0.05, 0) is 55.5 Å². The van der Waals surface area contributed by atoms with E-state index in [1.165, 1.54) is 50.0 Å². The number of hydrogen-bond donors (Lipinski definition) is 0. The quantitative estimate of drug-likeness (QED) is 0.809. The first-order valence-electron chi connectivity index (χ1n) is 7.64. The molecule has 1 heterocycles. The van der Waals surface area contributed by atoms with E-state index >= 15 is 0 Å². The van der Waals surface area contributed by atoms with Crippen LogP contribution in [-0.2, 0) is 6.42 Å². The van der Waals surface area contributed by atoms with Crippen molar-refractivity contribution in [3.8, 4) is 0 Å². The average molecular weight is 264 g/mol. The Bertz CT molecular complexity index is 498. The molecule has 103 valence electrons. The Morgan fingerprint density at radius 1 is 0.950 bits per heavy atom. The van der Waals surface area contributed by atoms with Crippen molar-refractivity contribution in [2.24, 2.45) is 0 Å². The first-order chi connectivity index (χ1) is 9.92. The van der Waals surface area contributed by atoms with Crippen molar-refractivity contribution in [1.82, 2.24) is 4.90 Å². The maximum Gasteiger partial charge on any atom is 0.00218 e. The first-order valence-corrected chi connectivity index (χ1v) is 7.64. The van der Waals surface area contributed by atoms with Gasteiger partial charge in [0.25, 0.3) is 0 Å². The number of rotatable bonds is 4. The van der Waals surface area contributed by atoms with Gasteiger partial charge in [-0.1, -0.05) is 54.6 Å². The van der Waals surface area contributed by atoms with Crippen molar-refractivity contribution in [3.63, 3.8) is 0 Å². The van der Waals surface area contributed by atoms with Crippen molar-refractivity contribution in [3.05, 3.63) is 71.8 Å². The van der Waals surface area contributed by atoms with Crippen molar-refractivity contribution in [2.75, 3.05) is 19.6 Å². The molecule has 1 radical (unpaired) electrons. The smallest absolute Gasteiger partial charge is 0.00218 e. The van der Waals surface area contributed by atoms with E-state index in [-0.39, 0.29) is 0 Å². The first kappa shape index (κ1) is 13.4. The van der Waals surface area contributed by atoms with Gasteiger partial charge < -0.3 is 4.90 Å². The summed E-state index contributed by atoms with van der Waals surface area (Å²) in [5.74, 6) is 0.748. The van der Waals surface area contributed by atoms with Crippen molar-refractivity contribution in [1.29, 1.82) is 0 Å². The zero-order valence-corrected chi connectivity index (χ0v) is 12.0. The third-order valence-corrected chi connectivity index (χ3v) is 4.36. The highest BCUT2D eigenvalue weighted by Crippen LogP contribution is 2.27. The van der Waals surface area contributed by atoms with Crippen LogP contribution in [0, 0.1) is 6.07 Å². The van der Waals surface area contributed by atoms with Crippen LogP contribution in [0.2, 0.25) is 0 Å². The standard InChI is InChI=1S/C19H22N/c1-3-7-17(8-4-1)11-14-20-15-12-19(13-16-20)18-9-5-2-6-10-18/h1,3-10,19H,11-16H2. The van der Waals surface area contributed by atoms with Gasteiger partial charge in [0, 0.05) is 6.54 Å². The topological polar surface area (TPSA) is 3.24 Å². The monoisotopic (exact) mass is 264 g/mol. The molecule has 2 aromatic rings. The summed E-state index contributed by atoms with van der Waals surface area (Å²) in [6.45, 7) is 3.66. The second-order valence-corrected chi connectivity index (χ2v) is 5.68. The van der Waals surface area contributed by atoms with Crippen LogP contribution in [0.4, 0.5) is 0 Å². The second kappa shape index (κ2) is 6.71. The molecule has 0 atom stereocenters. The zero-order valence-electron chi connectivity index (χ0n) is 12.0. The lowest BCUT2D eigenvalue weighted by Gasteiger charge is -2.32. The van der Waals surface area contributed by atoms with Gasteiger partial charge in [-0.3, -0.25) is 0 Å². The molecule has 2 aromatic carbocycles. The lowest BCUT2D eigenvalue weighted by atomic mass is 9.89. The summed E-state index contributed by atoms with van der Waals surface area (Å²) in [5.41, 5.74) is 2.94. The van der Waals surface area contributed by atoms with E-state index in [0.29, 0.717) is 0 Å². The van der Waals surface area contributed by atoms with E-state index < -0.39 is 0 Å². The number of likely N-dealkylation sites (tertiary alicyclic amines) is 1. The minimum atomic E-state index is 0.748. The minimum absolute atomic E-state index is 0.748. The maximum atomic E-state index is 3.11. The van der Waals surface area contributed by atoms with Crippen LogP contribution in [0.15, 0.2) is 54.6 Å². The molecule has 0 aliphatic carbocycles. The lowest BCUT2D eigenvalue weighted by Crippen LogP contribution is -2.34. The van der Waals surface area contributed by atoms with Crippen LogP contribution >= 0.6 is 0 Å². The van der Waals surface area contributed by atoms with E-state index in [0.717, 1.165) is 5.92 Å². The predicted molar refractivity (Wildman–Crippen MR) is 83.8 cm³/mol. The Balaban J connectivity index is 1.47. The Labute approximate surface area is 122 Å². The predicted octanol–water partition coefficient (Wildman–Crippen LogP) is 3.91. The summed E-state index contributed by atoms with van der Waals surface area (Å²) in [5, 5.41) is 0.